The first kappa shape index (κ1) is 16.1. The maximum atomic E-state index is 9.69. The van der Waals surface area contributed by atoms with E-state index in [1.54, 1.807) is 11.8 Å². The third-order valence-corrected chi connectivity index (χ3v) is 5.44. The molecule has 1 aliphatic carbocycles. The summed E-state index contributed by atoms with van der Waals surface area (Å²) in [6.07, 6.45) is 6.77. The average Bonchev–Trinajstić information content (AvgIpc) is 2.62. The Morgan fingerprint density at radius 2 is 1.87 bits per heavy atom. The average molecular weight is 322 g/mol. The minimum absolute atomic E-state index is 0.834. The van der Waals surface area contributed by atoms with Crippen LogP contribution in [-0.2, 0) is 12.8 Å². The van der Waals surface area contributed by atoms with E-state index in [4.69, 9.17) is 4.98 Å². The van der Waals surface area contributed by atoms with E-state index in [2.05, 4.69) is 37.3 Å². The first-order valence-corrected chi connectivity index (χ1v) is 9.47. The van der Waals surface area contributed by atoms with Crippen molar-refractivity contribution in [3.63, 3.8) is 0 Å². The second kappa shape index (κ2) is 7.66. The van der Waals surface area contributed by atoms with Crippen molar-refractivity contribution in [1.29, 1.82) is 5.26 Å². The maximum absolute atomic E-state index is 9.69. The Balaban J connectivity index is 2.11. The summed E-state index contributed by atoms with van der Waals surface area (Å²) in [5, 5.41) is 10.6. The number of rotatable bonds is 5. The van der Waals surface area contributed by atoms with Gasteiger partial charge in [0, 0.05) is 5.56 Å². The molecule has 1 aliphatic rings. The van der Waals surface area contributed by atoms with Crippen LogP contribution in [0.25, 0.3) is 11.3 Å². The summed E-state index contributed by atoms with van der Waals surface area (Å²) in [5.74, 6) is 1.03. The number of aromatic nitrogens is 1. The first-order valence-electron chi connectivity index (χ1n) is 8.49. The Hall–Kier alpha value is -1.79. The number of unbranched alkanes of at least 4 members (excludes halogenated alkanes) is 1. The number of benzene rings is 1. The maximum Gasteiger partial charge on any atom is 0.115 e. The second-order valence-electron chi connectivity index (χ2n) is 5.98. The number of thioether (sulfide) groups is 1. The second-order valence-corrected chi connectivity index (χ2v) is 7.07. The molecule has 2 nitrogen and oxygen atoms in total. The van der Waals surface area contributed by atoms with E-state index in [1.807, 2.05) is 6.07 Å². The molecule has 0 amide bonds. The van der Waals surface area contributed by atoms with Crippen molar-refractivity contribution in [1.82, 2.24) is 4.98 Å². The van der Waals surface area contributed by atoms with Gasteiger partial charge in [-0.15, -0.1) is 11.8 Å². The number of hydrogen-bond donors (Lipinski definition) is 0. The van der Waals surface area contributed by atoms with Crippen LogP contribution >= 0.6 is 11.8 Å². The molecule has 3 heteroatoms. The van der Waals surface area contributed by atoms with Gasteiger partial charge in [0.25, 0.3) is 0 Å². The molecular weight excluding hydrogens is 300 g/mol. The van der Waals surface area contributed by atoms with Gasteiger partial charge in [-0.3, -0.25) is 0 Å². The summed E-state index contributed by atoms with van der Waals surface area (Å²) >= 11 is 1.74. The first-order chi connectivity index (χ1) is 11.3. The fourth-order valence-corrected chi connectivity index (χ4v) is 4.26. The molecule has 0 atom stereocenters. The van der Waals surface area contributed by atoms with Gasteiger partial charge < -0.3 is 0 Å². The van der Waals surface area contributed by atoms with Gasteiger partial charge in [0.05, 0.1) is 11.3 Å². The fraction of sp³-hybridized carbons (Fsp3) is 0.400. The van der Waals surface area contributed by atoms with Gasteiger partial charge in [0.15, 0.2) is 0 Å². The van der Waals surface area contributed by atoms with Gasteiger partial charge in [-0.2, -0.15) is 5.26 Å². The molecule has 0 spiro atoms. The SMILES string of the molecule is CCCCSc1nc(-c2ccccc2)c2c(c1C#N)CCCC2. The molecule has 0 radical (unpaired) electrons. The largest absolute Gasteiger partial charge is 0.240 e. The molecule has 0 fully saturated rings. The number of nitriles is 1. The topological polar surface area (TPSA) is 36.7 Å². The standard InChI is InChI=1S/C20H22N2S/c1-2-3-13-23-20-18(14-21)16-11-7-8-12-17(16)19(22-20)15-9-5-4-6-10-15/h4-6,9-10H,2-3,7-8,11-13H2,1H3. The molecule has 0 saturated carbocycles. The molecule has 0 saturated heterocycles. The van der Waals surface area contributed by atoms with E-state index in [0.717, 1.165) is 41.3 Å². The molecular formula is C20H22N2S. The van der Waals surface area contributed by atoms with Gasteiger partial charge in [-0.1, -0.05) is 43.7 Å². The Morgan fingerprint density at radius 3 is 2.57 bits per heavy atom. The van der Waals surface area contributed by atoms with Crippen LogP contribution in [0, 0.1) is 11.3 Å². The van der Waals surface area contributed by atoms with E-state index in [-0.39, 0.29) is 0 Å². The van der Waals surface area contributed by atoms with E-state index >= 15 is 0 Å². The van der Waals surface area contributed by atoms with E-state index < -0.39 is 0 Å². The molecule has 1 aromatic heterocycles. The van der Waals surface area contributed by atoms with Crippen molar-refractivity contribution in [2.75, 3.05) is 5.75 Å². The Kier molecular flexibility index (Phi) is 5.35. The summed E-state index contributed by atoms with van der Waals surface area (Å²) in [7, 11) is 0. The summed E-state index contributed by atoms with van der Waals surface area (Å²) in [4.78, 5) is 4.94. The van der Waals surface area contributed by atoms with Crippen LogP contribution in [0.3, 0.4) is 0 Å². The van der Waals surface area contributed by atoms with Gasteiger partial charge in [0.1, 0.15) is 11.1 Å². The van der Waals surface area contributed by atoms with Gasteiger partial charge >= 0.3 is 0 Å². The van der Waals surface area contributed by atoms with Crippen LogP contribution in [0.2, 0.25) is 0 Å². The highest BCUT2D eigenvalue weighted by Gasteiger charge is 2.22. The Bertz CT molecular complexity index is 717. The van der Waals surface area contributed by atoms with Crippen LogP contribution < -0.4 is 0 Å². The molecule has 1 aromatic carbocycles. The quantitative estimate of drug-likeness (QED) is 0.547. The van der Waals surface area contributed by atoms with E-state index in [0.29, 0.717) is 0 Å². The van der Waals surface area contributed by atoms with Crippen molar-refractivity contribution < 1.29 is 0 Å². The van der Waals surface area contributed by atoms with Gasteiger partial charge in [0.2, 0.25) is 0 Å². The fourth-order valence-electron chi connectivity index (χ4n) is 3.16. The van der Waals surface area contributed by atoms with Crippen LogP contribution in [0.1, 0.15) is 49.3 Å². The lowest BCUT2D eigenvalue weighted by Crippen LogP contribution is -2.10. The lowest BCUT2D eigenvalue weighted by Gasteiger charge is -2.22. The molecule has 0 unspecified atom stereocenters. The van der Waals surface area contributed by atoms with Crippen LogP contribution in [0.15, 0.2) is 35.4 Å². The third-order valence-electron chi connectivity index (χ3n) is 4.38. The number of fused-ring (bicyclic) bond motifs is 1. The molecule has 2 aromatic rings. The van der Waals surface area contributed by atoms with E-state index in [1.165, 1.54) is 36.0 Å². The highest BCUT2D eigenvalue weighted by atomic mass is 32.2. The van der Waals surface area contributed by atoms with Gasteiger partial charge in [-0.25, -0.2) is 4.98 Å². The monoisotopic (exact) mass is 322 g/mol. The molecule has 0 bridgehead atoms. The minimum Gasteiger partial charge on any atom is -0.240 e. The van der Waals surface area contributed by atoms with Crippen molar-refractivity contribution >= 4 is 11.8 Å². The molecule has 0 N–H and O–H groups in total. The zero-order chi connectivity index (χ0) is 16.1. The smallest absolute Gasteiger partial charge is 0.115 e. The predicted octanol–water partition coefficient (Wildman–Crippen LogP) is 5.39. The lowest BCUT2D eigenvalue weighted by molar-refractivity contribution is 0.677. The molecule has 118 valence electrons. The summed E-state index contributed by atoms with van der Waals surface area (Å²) in [5.41, 5.74) is 5.66. The number of hydrogen-bond acceptors (Lipinski definition) is 3. The normalized spacial score (nSPS) is 13.4. The summed E-state index contributed by atoms with van der Waals surface area (Å²) in [6.45, 7) is 2.20. The summed E-state index contributed by atoms with van der Waals surface area (Å²) in [6, 6.07) is 12.9. The van der Waals surface area contributed by atoms with Crippen LogP contribution in [-0.4, -0.2) is 10.7 Å². The third kappa shape index (κ3) is 3.43. The highest BCUT2D eigenvalue weighted by molar-refractivity contribution is 7.99. The molecule has 23 heavy (non-hydrogen) atoms. The lowest BCUT2D eigenvalue weighted by atomic mass is 9.86. The minimum atomic E-state index is 0.834. The van der Waals surface area contributed by atoms with E-state index in [9.17, 15) is 5.26 Å². The molecule has 0 aliphatic heterocycles. The molecule has 3 rings (SSSR count). The van der Waals surface area contributed by atoms with Crippen LogP contribution in [0.5, 0.6) is 0 Å². The van der Waals surface area contributed by atoms with Crippen molar-refractivity contribution in [2.45, 2.75) is 50.5 Å². The predicted molar refractivity (Wildman–Crippen MR) is 96.7 cm³/mol. The highest BCUT2D eigenvalue weighted by Crippen LogP contribution is 2.36. The van der Waals surface area contributed by atoms with Crippen molar-refractivity contribution in [3.8, 4) is 17.3 Å². The zero-order valence-electron chi connectivity index (χ0n) is 13.6. The zero-order valence-corrected chi connectivity index (χ0v) is 14.5. The van der Waals surface area contributed by atoms with Crippen molar-refractivity contribution in [2.24, 2.45) is 0 Å². The molecule has 1 heterocycles. The van der Waals surface area contributed by atoms with Gasteiger partial charge in [-0.05, 0) is 49.0 Å². The van der Waals surface area contributed by atoms with Crippen molar-refractivity contribution in [3.05, 3.63) is 47.0 Å². The number of nitrogens with zero attached hydrogens (tertiary/aromatic N) is 2. The number of pyridine rings is 1. The summed E-state index contributed by atoms with van der Waals surface area (Å²) < 4.78 is 0. The Labute approximate surface area is 143 Å². The Morgan fingerprint density at radius 1 is 1.13 bits per heavy atom. The van der Waals surface area contributed by atoms with Crippen LogP contribution in [0.4, 0.5) is 0 Å².